The van der Waals surface area contributed by atoms with E-state index in [0.717, 1.165) is 53.9 Å². The van der Waals surface area contributed by atoms with Gasteiger partial charge >= 0.3 is 0 Å². The van der Waals surface area contributed by atoms with E-state index in [4.69, 9.17) is 23.4 Å². The van der Waals surface area contributed by atoms with Crippen molar-refractivity contribution in [3.05, 3.63) is 35.9 Å². The van der Waals surface area contributed by atoms with E-state index in [1.807, 2.05) is 30.3 Å². The smallest absolute Gasteiger partial charge is 0.192 e. The molecule has 0 amide bonds. The predicted octanol–water partition coefficient (Wildman–Crippen LogP) is 11.1. The first-order chi connectivity index (χ1) is 25.0. The molecule has 1 aromatic rings. The molecule has 7 heteroatoms. The molecule has 7 rings (SSSR count). The molecule has 0 spiro atoms. The van der Waals surface area contributed by atoms with Gasteiger partial charge in [0.1, 0.15) is 24.4 Å². The highest BCUT2D eigenvalue weighted by molar-refractivity contribution is 6.74. The molecule has 0 bridgehead atoms. The first kappa shape index (κ1) is 40.4. The van der Waals surface area contributed by atoms with Crippen LogP contribution in [0.4, 0.5) is 0 Å². The van der Waals surface area contributed by atoms with Gasteiger partial charge in [-0.25, -0.2) is 0 Å². The summed E-state index contributed by atoms with van der Waals surface area (Å²) in [7, 11) is -2.27. The third-order valence-electron chi connectivity index (χ3n) is 16.8. The second-order valence-corrected chi connectivity index (χ2v) is 26.0. The molecule has 4 saturated carbocycles. The fraction of sp³-hybridized carbons (Fsp3) is 0.870. The van der Waals surface area contributed by atoms with Crippen LogP contribution < -0.4 is 0 Å². The number of aliphatic hydroxyl groups excluding tert-OH is 1. The monoisotopic (exact) mass is 753 g/mol. The summed E-state index contributed by atoms with van der Waals surface area (Å²) in [4.78, 5) is 0. The van der Waals surface area contributed by atoms with Crippen molar-refractivity contribution in [2.75, 3.05) is 6.61 Å². The summed E-state index contributed by atoms with van der Waals surface area (Å²) in [5.41, 5.74) is 1.88. The van der Waals surface area contributed by atoms with E-state index in [1.54, 1.807) is 0 Å². The van der Waals surface area contributed by atoms with E-state index < -0.39 is 39.2 Å². The van der Waals surface area contributed by atoms with E-state index in [2.05, 4.69) is 68.5 Å². The average molecular weight is 753 g/mol. The van der Waals surface area contributed by atoms with E-state index in [-0.39, 0.29) is 17.2 Å². The topological polar surface area (TPSA) is 66.4 Å². The molecule has 2 aliphatic heterocycles. The van der Waals surface area contributed by atoms with Crippen molar-refractivity contribution in [1.29, 1.82) is 0 Å². The highest BCUT2D eigenvalue weighted by atomic mass is 28.4. The molecule has 6 nitrogen and oxygen atoms in total. The number of ether oxygens (including phenoxy) is 4. The number of rotatable bonds is 10. The Kier molecular flexibility index (Phi) is 11.8. The van der Waals surface area contributed by atoms with Gasteiger partial charge in [-0.1, -0.05) is 105 Å². The molecular formula is C46H76O6Si. The highest BCUT2D eigenvalue weighted by Crippen LogP contribution is 2.68. The third kappa shape index (κ3) is 7.78. The van der Waals surface area contributed by atoms with Gasteiger partial charge in [-0.15, -0.1) is 0 Å². The zero-order chi connectivity index (χ0) is 37.9. The number of hydrogen-bond acceptors (Lipinski definition) is 6. The molecule has 300 valence electrons. The highest BCUT2D eigenvalue weighted by Gasteiger charge is 2.61. The lowest BCUT2D eigenvalue weighted by molar-refractivity contribution is -0.366. The second kappa shape index (κ2) is 15.5. The van der Waals surface area contributed by atoms with E-state index >= 15 is 0 Å². The van der Waals surface area contributed by atoms with Gasteiger partial charge in [0, 0.05) is 5.56 Å². The Balaban J connectivity index is 1.01. The molecule has 0 unspecified atom stereocenters. The maximum Gasteiger partial charge on any atom is 0.192 e. The van der Waals surface area contributed by atoms with Crippen LogP contribution in [0.3, 0.4) is 0 Å². The van der Waals surface area contributed by atoms with Crippen LogP contribution in [0.2, 0.25) is 18.1 Å². The lowest BCUT2D eigenvalue weighted by atomic mass is 9.44. The molecule has 0 radical (unpaired) electrons. The molecule has 53 heavy (non-hydrogen) atoms. The van der Waals surface area contributed by atoms with Crippen molar-refractivity contribution in [2.24, 2.45) is 52.3 Å². The minimum Gasteiger partial charge on any atom is -0.408 e. The van der Waals surface area contributed by atoms with Crippen molar-refractivity contribution in [2.45, 2.75) is 194 Å². The summed E-state index contributed by atoms with van der Waals surface area (Å²) in [5.74, 6) is 5.88. The standard InChI is InChI=1S/C46H76O6Si/c1-29(2)15-14-16-30(3)35-21-22-36-34-20-19-32-27-33(23-25-45(32,7)37(34)24-26-46(35,36)8)49-43-39(47)41(52-53(9,10)44(4,5)6)40-38(50-43)28-48-42(51-40)31-17-12-11-13-18-31/h11-13,17-18,29-30,32-43,47H,14-16,19-28H2,1-10H3/t30-,32+,33+,34+,35-,36+,37+,38-,39+,40-,41-,42-,43-,45+,46-/m1/s1. The summed E-state index contributed by atoms with van der Waals surface area (Å²) >= 11 is 0. The number of aliphatic hydroxyl groups is 1. The van der Waals surface area contributed by atoms with Gasteiger partial charge in [0.05, 0.1) is 12.7 Å². The van der Waals surface area contributed by atoms with Crippen LogP contribution >= 0.6 is 0 Å². The van der Waals surface area contributed by atoms with Crippen molar-refractivity contribution in [3.63, 3.8) is 0 Å². The minimum atomic E-state index is -2.27. The maximum atomic E-state index is 12.1. The third-order valence-corrected chi connectivity index (χ3v) is 21.2. The van der Waals surface area contributed by atoms with Crippen LogP contribution in [0.5, 0.6) is 0 Å². The number of hydrogen-bond donors (Lipinski definition) is 1. The molecule has 1 N–H and O–H groups in total. The van der Waals surface area contributed by atoms with Gasteiger partial charge in [0.15, 0.2) is 20.9 Å². The minimum absolute atomic E-state index is 0.0186. The largest absolute Gasteiger partial charge is 0.408 e. The zero-order valence-corrected chi connectivity index (χ0v) is 36.2. The Hall–Kier alpha value is -0.803. The predicted molar refractivity (Wildman–Crippen MR) is 215 cm³/mol. The van der Waals surface area contributed by atoms with Crippen molar-refractivity contribution in [1.82, 2.24) is 0 Å². The lowest BCUT2D eigenvalue weighted by Crippen LogP contribution is -2.66. The fourth-order valence-corrected chi connectivity index (χ4v) is 14.0. The Bertz CT molecular complexity index is 1360. The van der Waals surface area contributed by atoms with Crippen LogP contribution in [0.25, 0.3) is 0 Å². The molecule has 4 aliphatic carbocycles. The van der Waals surface area contributed by atoms with Gasteiger partial charge < -0.3 is 28.5 Å². The van der Waals surface area contributed by atoms with Crippen LogP contribution in [0, 0.1) is 52.3 Å². The summed E-state index contributed by atoms with van der Waals surface area (Å²) < 4.78 is 33.4. The van der Waals surface area contributed by atoms with Crippen LogP contribution in [0.15, 0.2) is 30.3 Å². The zero-order valence-electron chi connectivity index (χ0n) is 35.2. The second-order valence-electron chi connectivity index (χ2n) is 21.3. The molecule has 6 fully saturated rings. The van der Waals surface area contributed by atoms with E-state index in [1.165, 1.54) is 64.2 Å². The average Bonchev–Trinajstić information content (AvgIpc) is 3.47. The summed E-state index contributed by atoms with van der Waals surface area (Å²) in [6, 6.07) is 10.1. The Morgan fingerprint density at radius 3 is 2.32 bits per heavy atom. The fourth-order valence-electron chi connectivity index (χ4n) is 12.7. The van der Waals surface area contributed by atoms with Gasteiger partial charge in [0.2, 0.25) is 0 Å². The maximum absolute atomic E-state index is 12.1. The Morgan fingerprint density at radius 2 is 1.60 bits per heavy atom. The first-order valence-corrected chi connectivity index (χ1v) is 24.9. The van der Waals surface area contributed by atoms with Crippen LogP contribution in [-0.2, 0) is 23.4 Å². The van der Waals surface area contributed by atoms with E-state index in [0.29, 0.717) is 23.4 Å². The Morgan fingerprint density at radius 1 is 0.887 bits per heavy atom. The normalized spacial score (nSPS) is 43.8. The van der Waals surface area contributed by atoms with Crippen molar-refractivity contribution < 1.29 is 28.5 Å². The summed E-state index contributed by atoms with van der Waals surface area (Å²) in [6.45, 7) is 24.3. The van der Waals surface area contributed by atoms with E-state index in [9.17, 15) is 5.11 Å². The van der Waals surface area contributed by atoms with Crippen molar-refractivity contribution >= 4 is 8.32 Å². The number of benzene rings is 1. The molecule has 2 heterocycles. The van der Waals surface area contributed by atoms with Gasteiger partial charge in [-0.3, -0.25) is 0 Å². The molecule has 6 aliphatic rings. The van der Waals surface area contributed by atoms with Gasteiger partial charge in [-0.05, 0) is 128 Å². The molecule has 15 atom stereocenters. The number of fused-ring (bicyclic) bond motifs is 6. The summed E-state index contributed by atoms with van der Waals surface area (Å²) in [6.07, 6.45) is 12.4. The Labute approximate surface area is 324 Å². The molecule has 0 aromatic heterocycles. The quantitative estimate of drug-likeness (QED) is 0.190. The lowest BCUT2D eigenvalue weighted by Gasteiger charge is -2.61. The SMILES string of the molecule is CC(C)CCC[C@@H](C)[C@H]1CC[C@H]2[C@@H]3CC[C@H]4C[C@@H](O[C@@H]5O[C@@H]6CO[C@@H](c7ccccc7)O[C@H]6[C@H](O[Si](C)(C)C(C)(C)C)[C@@H]5O)CC[C@]4(C)[C@H]3CC[C@]12C. The first-order valence-electron chi connectivity index (χ1n) is 22.0. The van der Waals surface area contributed by atoms with Crippen molar-refractivity contribution in [3.8, 4) is 0 Å². The van der Waals surface area contributed by atoms with Crippen LogP contribution in [-0.4, -0.2) is 56.8 Å². The van der Waals surface area contributed by atoms with Gasteiger partial charge in [-0.2, -0.15) is 0 Å². The van der Waals surface area contributed by atoms with Crippen LogP contribution in [0.1, 0.15) is 144 Å². The summed E-state index contributed by atoms with van der Waals surface area (Å²) in [5, 5.41) is 12.1. The molecule has 2 saturated heterocycles. The van der Waals surface area contributed by atoms with Gasteiger partial charge in [0.25, 0.3) is 0 Å². The molecular weight excluding hydrogens is 677 g/mol. The molecule has 1 aromatic carbocycles.